The zero-order chi connectivity index (χ0) is 28.1. The van der Waals surface area contributed by atoms with E-state index < -0.39 is 18.0 Å². The summed E-state index contributed by atoms with van der Waals surface area (Å²) in [6, 6.07) is 32.1. The van der Waals surface area contributed by atoms with E-state index in [-0.39, 0.29) is 0 Å². The van der Waals surface area contributed by atoms with Gasteiger partial charge in [-0.2, -0.15) is 0 Å². The van der Waals surface area contributed by atoms with Gasteiger partial charge in [0.1, 0.15) is 0 Å². The summed E-state index contributed by atoms with van der Waals surface area (Å²) >= 11 is -3.94. The Labute approximate surface area is 242 Å². The monoisotopic (exact) mass is 690 g/mol. The Morgan fingerprint density at radius 1 is 0.600 bits per heavy atom. The Hall–Kier alpha value is -2.90. The molecule has 4 aromatic carbocycles. The predicted molar refractivity (Wildman–Crippen MR) is 174 cm³/mol. The van der Waals surface area contributed by atoms with Gasteiger partial charge in [0.2, 0.25) is 0 Å². The number of benzene rings is 4. The summed E-state index contributed by atoms with van der Waals surface area (Å²) in [5.41, 5.74) is 14.0. The van der Waals surface area contributed by atoms with Crippen molar-refractivity contribution >= 4 is 15.4 Å². The molecule has 202 valence electrons. The van der Waals surface area contributed by atoms with Crippen molar-refractivity contribution in [1.82, 2.24) is 0 Å². The molecule has 0 N–H and O–H groups in total. The first-order valence-electron chi connectivity index (χ1n) is 15.1. The van der Waals surface area contributed by atoms with Crippen LogP contribution in [0.5, 0.6) is 0 Å². The van der Waals surface area contributed by atoms with Gasteiger partial charge in [-0.3, -0.25) is 0 Å². The Balaban J connectivity index is 1.56. The second kappa shape index (κ2) is 10.2. The van der Waals surface area contributed by atoms with Crippen LogP contribution in [0.1, 0.15) is 67.4 Å². The van der Waals surface area contributed by atoms with E-state index >= 15 is 0 Å². The summed E-state index contributed by atoms with van der Waals surface area (Å²) in [7, 11) is 0. The minimum absolute atomic E-state index is 0.495. The number of hydrogen-bond acceptors (Lipinski definition) is 0. The van der Waals surface area contributed by atoms with Gasteiger partial charge in [-0.15, -0.1) is 0 Å². The molecule has 40 heavy (non-hydrogen) atoms. The van der Waals surface area contributed by atoms with Crippen LogP contribution in [0.2, 0.25) is 9.36 Å². The summed E-state index contributed by atoms with van der Waals surface area (Å²) < 4.78 is 8.41. The van der Waals surface area contributed by atoms with Crippen molar-refractivity contribution in [1.29, 1.82) is 0 Å². The summed E-state index contributed by atoms with van der Waals surface area (Å²) in [6.45, 7) is 9.21. The number of fused-ring (bicyclic) bond motifs is 2. The zero-order valence-electron chi connectivity index (χ0n) is 25.0. The van der Waals surface area contributed by atoms with Crippen molar-refractivity contribution in [3.63, 3.8) is 0 Å². The van der Waals surface area contributed by atoms with Gasteiger partial charge in [-0.05, 0) is 0 Å². The van der Waals surface area contributed by atoms with Gasteiger partial charge in [0.05, 0.1) is 0 Å². The Morgan fingerprint density at radius 3 is 1.43 bits per heavy atom. The van der Waals surface area contributed by atoms with E-state index in [0.29, 0.717) is 7.35 Å². The fourth-order valence-electron chi connectivity index (χ4n) is 8.35. The normalized spacial score (nSPS) is 17.7. The molecule has 2 unspecified atom stereocenters. The SMILES string of the molecule is CC[C](CC)=[Hf]([CH3])([CH3])([CH]1C=Cc2c(-c3cccc(C)c3)cccc21)[CH]1C=Cc2c(-c3cccc(C)c3)cccc21. The first kappa shape index (κ1) is 27.3. The molecule has 0 heterocycles. The van der Waals surface area contributed by atoms with Crippen LogP contribution in [0, 0.1) is 13.8 Å². The molecule has 0 fully saturated rings. The van der Waals surface area contributed by atoms with E-state index in [1.165, 1.54) is 57.3 Å². The maximum absolute atomic E-state index is 3.94. The van der Waals surface area contributed by atoms with E-state index in [4.69, 9.17) is 0 Å². The van der Waals surface area contributed by atoms with E-state index in [1.54, 1.807) is 11.1 Å². The van der Waals surface area contributed by atoms with Gasteiger partial charge in [-0.25, -0.2) is 0 Å². The van der Waals surface area contributed by atoms with Crippen molar-refractivity contribution < 1.29 is 18.0 Å². The molecule has 4 aromatic rings. The van der Waals surface area contributed by atoms with Crippen LogP contribution in [-0.4, -0.2) is 3.26 Å². The summed E-state index contributed by atoms with van der Waals surface area (Å²) in [5, 5.41) is 0. The topological polar surface area (TPSA) is 0 Å². The average Bonchev–Trinajstić information content (AvgIpc) is 3.60. The standard InChI is InChI=1S/2C16H13.C5H10.2CH3.Hf/c2*1-12-5-2-8-14(11-12)16-10-4-7-13-6-3-9-15(13)16;1-3-5-4-2;;;/h2*2-11H,1H3;3-4H2,1-2H3;2*1H3;. The van der Waals surface area contributed by atoms with E-state index in [2.05, 4.69) is 146 Å². The van der Waals surface area contributed by atoms with Crippen LogP contribution >= 0.6 is 0 Å². The third-order valence-corrected chi connectivity index (χ3v) is 38.3. The first-order valence-corrected chi connectivity index (χ1v) is 28.2. The van der Waals surface area contributed by atoms with E-state index in [0.717, 1.165) is 0 Å². The van der Waals surface area contributed by atoms with Gasteiger partial charge in [0, 0.05) is 0 Å². The molecule has 2 aliphatic rings. The van der Waals surface area contributed by atoms with Crippen LogP contribution in [0.3, 0.4) is 0 Å². The predicted octanol–water partition coefficient (Wildman–Crippen LogP) is 11.3. The van der Waals surface area contributed by atoms with E-state index in [9.17, 15) is 0 Å². The molecule has 0 amide bonds. The molecule has 6 rings (SSSR count). The summed E-state index contributed by atoms with van der Waals surface area (Å²) in [4.78, 5) is 0. The number of hydrogen-bond donors (Lipinski definition) is 0. The second-order valence-corrected chi connectivity index (χ2v) is 38.7. The molecular weight excluding hydrogens is 647 g/mol. The van der Waals surface area contributed by atoms with Crippen LogP contribution < -0.4 is 0 Å². The summed E-state index contributed by atoms with van der Waals surface area (Å²) in [6.07, 6.45) is 12.5. The molecule has 1 heteroatoms. The van der Waals surface area contributed by atoms with Crippen molar-refractivity contribution in [3.8, 4) is 22.3 Å². The van der Waals surface area contributed by atoms with Gasteiger partial charge in [-0.1, -0.05) is 0 Å². The zero-order valence-corrected chi connectivity index (χ0v) is 28.6. The molecule has 2 aliphatic carbocycles. The number of aryl methyl sites for hydroxylation is 2. The molecule has 2 atom stereocenters. The van der Waals surface area contributed by atoms with Crippen molar-refractivity contribution in [2.75, 3.05) is 0 Å². The summed E-state index contributed by atoms with van der Waals surface area (Å²) in [5.74, 6) is 0. The van der Waals surface area contributed by atoms with Crippen LogP contribution in [0.25, 0.3) is 34.4 Å². The molecule has 0 aliphatic heterocycles. The molecule has 0 bridgehead atoms. The Morgan fingerprint density at radius 2 is 1.02 bits per heavy atom. The third kappa shape index (κ3) is 4.16. The van der Waals surface area contributed by atoms with Crippen LogP contribution in [-0.2, 0) is 18.0 Å². The molecule has 0 nitrogen and oxygen atoms in total. The van der Waals surface area contributed by atoms with Gasteiger partial charge >= 0.3 is 243 Å². The van der Waals surface area contributed by atoms with Crippen molar-refractivity contribution in [2.45, 2.75) is 57.2 Å². The van der Waals surface area contributed by atoms with Crippen molar-refractivity contribution in [2.24, 2.45) is 0 Å². The van der Waals surface area contributed by atoms with Crippen LogP contribution in [0.4, 0.5) is 0 Å². The molecule has 0 spiro atoms. The fraction of sp³-hybridized carbons (Fsp3) is 0.256. The maximum atomic E-state index is 2.78. The fourth-order valence-corrected chi connectivity index (χ4v) is 34.5. The first-order chi connectivity index (χ1) is 19.3. The molecular formula is C39H42Hf. The Bertz CT molecular complexity index is 1630. The number of rotatable bonds is 6. The second-order valence-electron chi connectivity index (χ2n) is 13.0. The molecule has 0 saturated heterocycles. The third-order valence-electron chi connectivity index (χ3n) is 10.4. The minimum atomic E-state index is -3.94. The van der Waals surface area contributed by atoms with Crippen LogP contribution in [0.15, 0.2) is 97.1 Å². The average molecular weight is 689 g/mol. The molecule has 0 radical (unpaired) electrons. The van der Waals surface area contributed by atoms with Gasteiger partial charge < -0.3 is 0 Å². The molecule has 0 aromatic heterocycles. The van der Waals surface area contributed by atoms with Crippen molar-refractivity contribution in [3.05, 3.63) is 130 Å². The van der Waals surface area contributed by atoms with Gasteiger partial charge in [0.25, 0.3) is 0 Å². The van der Waals surface area contributed by atoms with Gasteiger partial charge in [0.15, 0.2) is 0 Å². The van der Waals surface area contributed by atoms with E-state index in [1.807, 2.05) is 3.26 Å². The molecule has 0 saturated carbocycles. The quantitative estimate of drug-likeness (QED) is 0.177. The number of allylic oxidation sites excluding steroid dienone is 2. The Kier molecular flexibility index (Phi) is 6.94.